The molecule has 0 aliphatic heterocycles. The molecule has 2 heterocycles. The Labute approximate surface area is 200 Å². The first-order chi connectivity index (χ1) is 16.9. The average Bonchev–Trinajstić information content (AvgIpc) is 3.23. The number of hydrogen-bond donors (Lipinski definition) is 2. The van der Waals surface area contributed by atoms with Crippen LogP contribution in [-0.4, -0.2) is 48.3 Å². The number of aliphatic carboxylic acids is 1. The summed E-state index contributed by atoms with van der Waals surface area (Å²) < 4.78 is 15.6. The van der Waals surface area contributed by atoms with Crippen LogP contribution in [-0.2, 0) is 11.3 Å². The molecule has 4 aromatic rings. The van der Waals surface area contributed by atoms with Crippen molar-refractivity contribution >= 4 is 5.97 Å². The van der Waals surface area contributed by atoms with Gasteiger partial charge in [0.1, 0.15) is 30.1 Å². The van der Waals surface area contributed by atoms with E-state index in [4.69, 9.17) is 5.10 Å². The highest BCUT2D eigenvalue weighted by molar-refractivity contribution is 5.73. The quantitative estimate of drug-likeness (QED) is 0.327. The number of carboxylic acids is 1. The molecule has 0 bridgehead atoms. The van der Waals surface area contributed by atoms with E-state index in [1.165, 1.54) is 18.5 Å². The number of benzene rings is 2. The van der Waals surface area contributed by atoms with Gasteiger partial charge in [-0.3, -0.25) is 0 Å². The van der Waals surface area contributed by atoms with Gasteiger partial charge in [-0.25, -0.2) is 14.4 Å². The number of hydrogen-bond acceptors (Lipinski definition) is 7. The van der Waals surface area contributed by atoms with Gasteiger partial charge in [0, 0.05) is 30.6 Å². The van der Waals surface area contributed by atoms with E-state index in [2.05, 4.69) is 9.97 Å². The van der Waals surface area contributed by atoms with Gasteiger partial charge < -0.3 is 20.1 Å². The second kappa shape index (κ2) is 10.9. The molecule has 0 spiro atoms. The molecule has 0 amide bonds. The largest absolute Gasteiger partial charge is 0.550 e. The van der Waals surface area contributed by atoms with Crippen molar-refractivity contribution in [3.05, 3.63) is 79.0 Å². The van der Waals surface area contributed by atoms with E-state index in [1.54, 1.807) is 29.2 Å². The van der Waals surface area contributed by atoms with Crippen molar-refractivity contribution in [1.29, 1.82) is 0 Å². The summed E-state index contributed by atoms with van der Waals surface area (Å²) in [6.07, 6.45) is 0.365. The molecule has 0 saturated heterocycles. The third-order valence-electron chi connectivity index (χ3n) is 5.46. The van der Waals surface area contributed by atoms with E-state index in [-0.39, 0.29) is 25.2 Å². The monoisotopic (exact) mass is 477 g/mol. The van der Waals surface area contributed by atoms with Gasteiger partial charge in [0.15, 0.2) is 0 Å². The summed E-state index contributed by atoms with van der Waals surface area (Å²) in [6, 6.07) is 17.1. The topological polar surface area (TPSA) is 128 Å². The van der Waals surface area contributed by atoms with Gasteiger partial charge in [-0.2, -0.15) is 0 Å². The van der Waals surface area contributed by atoms with Crippen LogP contribution in [0, 0.1) is 5.82 Å². The van der Waals surface area contributed by atoms with Crippen LogP contribution in [0.15, 0.2) is 73.2 Å². The fourth-order valence-electron chi connectivity index (χ4n) is 3.85. The van der Waals surface area contributed by atoms with Gasteiger partial charge in [-0.1, -0.05) is 18.2 Å². The number of aromatic nitrogens is 5. The van der Waals surface area contributed by atoms with Crippen LogP contribution in [0.3, 0.4) is 0 Å². The van der Waals surface area contributed by atoms with E-state index in [1.807, 2.05) is 35.0 Å². The first-order valence-corrected chi connectivity index (χ1v) is 11.1. The minimum Gasteiger partial charge on any atom is -0.550 e. The van der Waals surface area contributed by atoms with Crippen molar-refractivity contribution in [3.8, 4) is 28.3 Å². The summed E-state index contributed by atoms with van der Waals surface area (Å²) >= 11 is 0. The molecule has 2 aromatic heterocycles. The van der Waals surface area contributed by atoms with Crippen LogP contribution < -0.4 is 9.79 Å². The molecule has 0 unspecified atom stereocenters. The van der Waals surface area contributed by atoms with Crippen LogP contribution in [0.5, 0.6) is 0 Å². The van der Waals surface area contributed by atoms with Crippen molar-refractivity contribution in [2.45, 2.75) is 38.0 Å². The van der Waals surface area contributed by atoms with Crippen molar-refractivity contribution in [3.63, 3.8) is 0 Å². The Kier molecular flexibility index (Phi) is 7.54. The SMILES string of the molecule is O=C([O-])C[C@@H](O)C[C@@H](O)CC[n+]1c(-c2ccc(F)cc2)c(-c2ccncn2)nn1-c1ccccc1. The maximum atomic E-state index is 13.7. The number of carbonyl (C=O) groups excluding carboxylic acids is 1. The Balaban J connectivity index is 1.78. The smallest absolute Gasteiger partial charge is 0.275 e. The fourth-order valence-corrected chi connectivity index (χ4v) is 3.85. The fraction of sp³-hybridized carbons (Fsp3) is 0.240. The van der Waals surface area contributed by atoms with Gasteiger partial charge >= 0.3 is 0 Å². The van der Waals surface area contributed by atoms with Crippen molar-refractivity contribution in [2.24, 2.45) is 0 Å². The standard InChI is InChI=1S/C25H24FN5O4/c26-18-8-6-17(7-9-18)25-24(22-10-12-27-16-28-22)29-31(19-4-2-1-3-5-19)30(25)13-11-20(32)14-21(33)15-23(34)35/h1-10,12,16,20-21,32-33H,11,13-15H2/t20-,21-/m0/s1. The Bertz CT molecular complexity index is 1270. The molecule has 2 aromatic carbocycles. The summed E-state index contributed by atoms with van der Waals surface area (Å²) in [5, 5.41) is 35.9. The highest BCUT2D eigenvalue weighted by Crippen LogP contribution is 2.28. The van der Waals surface area contributed by atoms with Crippen molar-refractivity contribution < 1.29 is 29.2 Å². The summed E-state index contributed by atoms with van der Waals surface area (Å²) in [4.78, 5) is 20.7. The van der Waals surface area contributed by atoms with Gasteiger partial charge in [0.2, 0.25) is 5.69 Å². The maximum Gasteiger partial charge on any atom is 0.275 e. The molecule has 2 N–H and O–H groups in total. The Hall–Kier alpha value is -4.02. The minimum absolute atomic E-state index is 0.112. The number of para-hydroxylation sites is 1. The highest BCUT2D eigenvalue weighted by atomic mass is 19.1. The lowest BCUT2D eigenvalue weighted by molar-refractivity contribution is -0.762. The number of carbonyl (C=O) groups is 1. The van der Waals surface area contributed by atoms with Crippen LogP contribution in [0.2, 0.25) is 0 Å². The molecule has 9 nitrogen and oxygen atoms in total. The molecular formula is C25H24FN5O4. The summed E-state index contributed by atoms with van der Waals surface area (Å²) in [5.41, 5.74) is 3.19. The second-order valence-corrected chi connectivity index (χ2v) is 8.06. The second-order valence-electron chi connectivity index (χ2n) is 8.06. The van der Waals surface area contributed by atoms with E-state index >= 15 is 0 Å². The highest BCUT2D eigenvalue weighted by Gasteiger charge is 2.31. The Morgan fingerprint density at radius 3 is 2.46 bits per heavy atom. The number of aliphatic hydroxyl groups is 2. The molecule has 0 aliphatic rings. The van der Waals surface area contributed by atoms with E-state index < -0.39 is 24.6 Å². The predicted octanol–water partition coefficient (Wildman–Crippen LogP) is 1.06. The minimum atomic E-state index is -1.38. The van der Waals surface area contributed by atoms with E-state index in [0.29, 0.717) is 22.6 Å². The number of aliphatic hydroxyl groups excluding tert-OH is 2. The zero-order chi connectivity index (χ0) is 24.8. The third kappa shape index (κ3) is 5.92. The molecule has 0 radical (unpaired) electrons. The number of nitrogens with zero attached hydrogens (tertiary/aromatic N) is 5. The zero-order valence-corrected chi connectivity index (χ0v) is 18.7. The lowest BCUT2D eigenvalue weighted by Crippen LogP contribution is -2.45. The summed E-state index contributed by atoms with van der Waals surface area (Å²) in [5.74, 6) is -1.76. The summed E-state index contributed by atoms with van der Waals surface area (Å²) in [7, 11) is 0. The van der Waals surface area contributed by atoms with E-state index in [9.17, 15) is 24.5 Å². The first-order valence-electron chi connectivity index (χ1n) is 11.1. The molecule has 2 atom stereocenters. The van der Waals surface area contributed by atoms with Crippen LogP contribution >= 0.6 is 0 Å². The number of carboxylic acid groups (broad SMARTS) is 1. The van der Waals surface area contributed by atoms with Gasteiger partial charge in [0.25, 0.3) is 5.69 Å². The molecule has 4 rings (SSSR count). The normalized spacial score (nSPS) is 12.9. The molecule has 0 fully saturated rings. The molecular weight excluding hydrogens is 453 g/mol. The van der Waals surface area contributed by atoms with Gasteiger partial charge in [-0.15, -0.1) is 4.68 Å². The predicted molar refractivity (Wildman–Crippen MR) is 121 cm³/mol. The van der Waals surface area contributed by atoms with Gasteiger partial charge in [-0.05, 0) is 53.7 Å². The Morgan fingerprint density at radius 2 is 1.80 bits per heavy atom. The average molecular weight is 477 g/mol. The lowest BCUT2D eigenvalue weighted by atomic mass is 10.1. The molecule has 10 heteroatoms. The first kappa shape index (κ1) is 24.1. The lowest BCUT2D eigenvalue weighted by Gasteiger charge is -2.16. The number of halogens is 1. The van der Waals surface area contributed by atoms with Gasteiger partial charge in [0.05, 0.1) is 17.3 Å². The maximum absolute atomic E-state index is 13.7. The van der Waals surface area contributed by atoms with Crippen molar-refractivity contribution in [2.75, 3.05) is 0 Å². The van der Waals surface area contributed by atoms with Crippen LogP contribution in [0.4, 0.5) is 4.39 Å². The summed E-state index contributed by atoms with van der Waals surface area (Å²) in [6.45, 7) is 0.263. The van der Waals surface area contributed by atoms with E-state index in [0.717, 1.165) is 5.69 Å². The zero-order valence-electron chi connectivity index (χ0n) is 18.7. The molecule has 35 heavy (non-hydrogen) atoms. The molecule has 180 valence electrons. The Morgan fingerprint density at radius 1 is 1.06 bits per heavy atom. The molecule has 0 saturated carbocycles. The van der Waals surface area contributed by atoms with Crippen LogP contribution in [0.25, 0.3) is 28.3 Å². The number of rotatable bonds is 10. The van der Waals surface area contributed by atoms with Crippen LogP contribution in [0.1, 0.15) is 19.3 Å². The molecule has 0 aliphatic carbocycles. The third-order valence-corrected chi connectivity index (χ3v) is 5.46. The van der Waals surface area contributed by atoms with Crippen molar-refractivity contribution in [1.82, 2.24) is 19.9 Å².